The quantitative estimate of drug-likeness (QED) is 0.325. The molecule has 42 valence electrons. The minimum atomic E-state index is -1.08. The molecule has 0 spiro atoms. The van der Waals surface area contributed by atoms with Gasteiger partial charge in [-0.25, -0.2) is 4.79 Å². The molecule has 0 heterocycles. The molecule has 0 aromatic heterocycles. The van der Waals surface area contributed by atoms with E-state index in [0.29, 0.717) is 0 Å². The number of thiol groups is 1. The first-order chi connectivity index (χ1) is 3.18. The highest BCUT2D eigenvalue weighted by atomic mass is 32.1. The van der Waals surface area contributed by atoms with Crippen LogP contribution in [0.25, 0.3) is 0 Å². The van der Waals surface area contributed by atoms with Crippen LogP contribution in [0.15, 0.2) is 0 Å². The maximum Gasteiger partial charge on any atom is 0.343 e. The molecule has 0 aliphatic rings. The average Bonchev–Trinajstić information content (AvgIpc) is 1.65. The van der Waals surface area contributed by atoms with Crippen molar-refractivity contribution in [3.8, 4) is 0 Å². The number of carboxylic acid groups (broad SMARTS) is 1. The van der Waals surface area contributed by atoms with Gasteiger partial charge in [-0.15, -0.1) is 12.6 Å². The van der Waals surface area contributed by atoms with Gasteiger partial charge in [0.05, 0.1) is 0 Å². The average molecular weight is 140 g/mol. The van der Waals surface area contributed by atoms with Gasteiger partial charge in [0.1, 0.15) is 0 Å². The summed E-state index contributed by atoms with van der Waals surface area (Å²) >= 11 is 3.48. The van der Waals surface area contributed by atoms with Crippen LogP contribution in [0, 0.1) is 0 Å². The summed E-state index contributed by atoms with van der Waals surface area (Å²) in [6.07, 6.45) is 0. The third kappa shape index (κ3) is 2.85. The second-order valence-electron chi connectivity index (χ2n) is 0.827. The van der Waals surface area contributed by atoms with Crippen molar-refractivity contribution in [2.75, 3.05) is 0 Å². The van der Waals surface area contributed by atoms with Gasteiger partial charge in [-0.1, -0.05) is 0 Å². The predicted octanol–water partition coefficient (Wildman–Crippen LogP) is 0.134. The molecule has 0 aliphatic heterocycles. The molecule has 0 aromatic rings. The fourth-order valence-electron chi connectivity index (χ4n) is 0.0582. The summed E-state index contributed by atoms with van der Waals surface area (Å²) in [6, 6.07) is 0. The molecule has 0 aliphatic carbocycles. The molecule has 1 N–H and O–H groups in total. The van der Waals surface area contributed by atoms with Crippen molar-refractivity contribution in [1.29, 1.82) is 0 Å². The molecule has 3 nitrogen and oxygen atoms in total. The van der Waals surface area contributed by atoms with E-state index in [1.807, 2.05) is 0 Å². The summed E-state index contributed by atoms with van der Waals surface area (Å²) in [5, 5.41) is 7.97. The molecule has 0 radical (unpaired) electrons. The van der Waals surface area contributed by atoms with E-state index in [1.165, 1.54) is 0 Å². The molecule has 0 saturated carbocycles. The van der Waals surface area contributed by atoms with E-state index in [1.54, 1.807) is 9.47 Å². The van der Waals surface area contributed by atoms with Crippen LogP contribution in [0.2, 0.25) is 0 Å². The molecule has 0 amide bonds. The predicted molar refractivity (Wildman–Crippen MR) is 31.2 cm³/mol. The van der Waals surface area contributed by atoms with Gasteiger partial charge in [0.15, 0.2) is 0 Å². The Hall–Kier alpha value is 0.210. The molecule has 7 heavy (non-hydrogen) atoms. The third-order valence-electron chi connectivity index (χ3n) is 0.340. The number of carbonyl (C=O) groups is 1. The van der Waals surface area contributed by atoms with Gasteiger partial charge in [-0.2, -0.15) is 0 Å². The van der Waals surface area contributed by atoms with Crippen LogP contribution in [-0.4, -0.2) is 16.5 Å². The van der Waals surface area contributed by atoms with E-state index in [-0.39, 0.29) is 0 Å². The second kappa shape index (κ2) is 3.24. The molecule has 2 atom stereocenters. The molecule has 5 heteroatoms. The highest BCUT2D eigenvalue weighted by molar-refractivity contribution is 7.81. The molecular formula is C2H5O3PS. The lowest BCUT2D eigenvalue weighted by Gasteiger charge is -1.97. The van der Waals surface area contributed by atoms with Crippen molar-refractivity contribution in [1.82, 2.24) is 0 Å². The van der Waals surface area contributed by atoms with Crippen molar-refractivity contribution in [2.24, 2.45) is 0 Å². The van der Waals surface area contributed by atoms with E-state index < -0.39 is 11.4 Å². The van der Waals surface area contributed by atoms with E-state index in [0.717, 1.165) is 0 Å². The molecular weight excluding hydrogens is 135 g/mol. The summed E-state index contributed by atoms with van der Waals surface area (Å²) in [5.41, 5.74) is -1.02. The van der Waals surface area contributed by atoms with Crippen LogP contribution in [0.5, 0.6) is 0 Å². The number of carboxylic acids is 1. The van der Waals surface area contributed by atoms with Gasteiger partial charge < -0.3 is 9.63 Å². The molecule has 0 bridgehead atoms. The number of hydrogen-bond acceptors (Lipinski definition) is 3. The fourth-order valence-corrected chi connectivity index (χ4v) is 0.175. The highest BCUT2D eigenvalue weighted by Gasteiger charge is 2.07. The van der Waals surface area contributed by atoms with E-state index in [4.69, 9.17) is 5.11 Å². The second-order valence-corrected chi connectivity index (χ2v) is 1.57. The van der Waals surface area contributed by atoms with Crippen molar-refractivity contribution >= 4 is 28.1 Å². The topological polar surface area (TPSA) is 46.5 Å². The highest BCUT2D eigenvalue weighted by Crippen LogP contribution is 2.00. The minimum Gasteiger partial charge on any atom is -0.479 e. The zero-order valence-electron chi connectivity index (χ0n) is 3.37. The Balaban J connectivity index is 3.34. The summed E-state index contributed by atoms with van der Waals surface area (Å²) in [6.45, 7) is 0. The van der Waals surface area contributed by atoms with Gasteiger partial charge in [-0.05, 0) is 0 Å². The van der Waals surface area contributed by atoms with E-state index in [9.17, 15) is 4.79 Å². The Morgan fingerprint density at radius 3 is 2.43 bits per heavy atom. The first kappa shape index (κ1) is 7.21. The van der Waals surface area contributed by atoms with Crippen molar-refractivity contribution in [3.05, 3.63) is 0 Å². The van der Waals surface area contributed by atoms with Crippen LogP contribution in [-0.2, 0) is 9.32 Å². The Morgan fingerprint density at radius 1 is 2.00 bits per heavy atom. The fraction of sp³-hybridized carbons (Fsp3) is 0.500. The Morgan fingerprint density at radius 2 is 2.43 bits per heavy atom. The monoisotopic (exact) mass is 140 g/mol. The smallest absolute Gasteiger partial charge is 0.343 e. The minimum absolute atomic E-state index is 1.02. The Bertz CT molecular complexity index is 75.3. The summed E-state index contributed by atoms with van der Waals surface area (Å²) in [5.74, 6) is -1.08. The lowest BCUT2D eigenvalue weighted by molar-refractivity contribution is -0.140. The summed E-state index contributed by atoms with van der Waals surface area (Å²) in [7, 11) is 1.81. The molecule has 2 unspecified atom stereocenters. The van der Waals surface area contributed by atoms with Crippen molar-refractivity contribution < 1.29 is 14.4 Å². The molecule has 0 aromatic carbocycles. The largest absolute Gasteiger partial charge is 0.479 e. The van der Waals surface area contributed by atoms with Gasteiger partial charge in [0.25, 0.3) is 0 Å². The van der Waals surface area contributed by atoms with Crippen molar-refractivity contribution in [3.63, 3.8) is 0 Å². The van der Waals surface area contributed by atoms with Crippen molar-refractivity contribution in [2.45, 2.75) is 5.44 Å². The Labute approximate surface area is 48.7 Å². The van der Waals surface area contributed by atoms with Crippen LogP contribution < -0.4 is 0 Å². The first-order valence-electron chi connectivity index (χ1n) is 1.45. The first-order valence-corrected chi connectivity index (χ1v) is 2.43. The van der Waals surface area contributed by atoms with Gasteiger partial charge in [0, 0.05) is 9.47 Å². The normalized spacial score (nSPS) is 13.4. The molecule has 0 saturated heterocycles. The van der Waals surface area contributed by atoms with Gasteiger partial charge in [0.2, 0.25) is 5.44 Å². The van der Waals surface area contributed by atoms with Crippen LogP contribution in [0.3, 0.4) is 0 Å². The number of aliphatic carboxylic acids is 1. The SMILES string of the molecule is O=C(O)C(S)OP. The summed E-state index contributed by atoms with van der Waals surface area (Å²) < 4.78 is 4.19. The van der Waals surface area contributed by atoms with Gasteiger partial charge in [-0.3, -0.25) is 0 Å². The molecule has 0 fully saturated rings. The maximum absolute atomic E-state index is 9.72. The third-order valence-corrected chi connectivity index (χ3v) is 1.18. The maximum atomic E-state index is 9.72. The van der Waals surface area contributed by atoms with Crippen LogP contribution >= 0.6 is 22.1 Å². The zero-order chi connectivity index (χ0) is 5.86. The lowest BCUT2D eigenvalue weighted by Crippen LogP contribution is -2.12. The molecule has 0 rings (SSSR count). The van der Waals surface area contributed by atoms with E-state index in [2.05, 4.69) is 17.2 Å². The summed E-state index contributed by atoms with van der Waals surface area (Å²) in [4.78, 5) is 9.72. The standard InChI is InChI=1S/C2H5O3PS/c3-1(4)2(7)5-6/h2,7H,6H2,(H,3,4). The Kier molecular flexibility index (Phi) is 3.34. The van der Waals surface area contributed by atoms with Crippen LogP contribution in [0.1, 0.15) is 0 Å². The van der Waals surface area contributed by atoms with Crippen LogP contribution in [0.4, 0.5) is 0 Å². The number of rotatable bonds is 2. The number of hydrogen-bond donors (Lipinski definition) is 2. The lowest BCUT2D eigenvalue weighted by atomic mass is 10.7. The zero-order valence-corrected chi connectivity index (χ0v) is 5.41. The van der Waals surface area contributed by atoms with E-state index >= 15 is 0 Å². The van der Waals surface area contributed by atoms with Gasteiger partial charge >= 0.3 is 5.97 Å².